The maximum absolute atomic E-state index is 13.6. The largest absolute Gasteiger partial charge is 0.490 e. The van der Waals surface area contributed by atoms with Crippen LogP contribution in [0.4, 0.5) is 16.3 Å². The van der Waals surface area contributed by atoms with Gasteiger partial charge in [0.25, 0.3) is 20.2 Å². The lowest BCUT2D eigenvalue weighted by Gasteiger charge is -2.22. The molecule has 101 heavy (non-hydrogen) atoms. The number of anilines is 2. The van der Waals surface area contributed by atoms with Crippen LogP contribution in [-0.2, 0) is 85.0 Å². The second kappa shape index (κ2) is 38.5. The Hall–Kier alpha value is -5.52. The van der Waals surface area contributed by atoms with Crippen LogP contribution in [0.5, 0.6) is 0 Å². The fourth-order valence-corrected chi connectivity index (χ4v) is 17.0. The molecule has 36 nitrogen and oxygen atoms in total. The maximum atomic E-state index is 13.6. The number of unbranched alkanes of at least 4 members (excludes halogenated alkanes) is 1. The van der Waals surface area contributed by atoms with Gasteiger partial charge < -0.3 is 79.0 Å². The van der Waals surface area contributed by atoms with Crippen LogP contribution in [0.1, 0.15) is 97.7 Å². The molecule has 45 heteroatoms. The van der Waals surface area contributed by atoms with E-state index in [0.717, 1.165) is 16.7 Å². The molecule has 558 valence electrons. The molecule has 0 spiro atoms. The molecule has 1 saturated heterocycles. The number of aromatic nitrogens is 2. The van der Waals surface area contributed by atoms with Crippen LogP contribution >= 0.6 is 66.6 Å². The third kappa shape index (κ3) is 26.5. The number of aromatic carboxylic acids is 1. The summed E-state index contributed by atoms with van der Waals surface area (Å²) in [4.78, 5) is 107. The second-order valence-electron chi connectivity index (χ2n) is 21.7. The molecular formula is C56H73N6O30P3S6. The van der Waals surface area contributed by atoms with Crippen LogP contribution in [-0.4, -0.2) is 186 Å². The number of hydrogen-bond acceptors (Lipinski definition) is 31. The quantitative estimate of drug-likeness (QED) is 0.00179. The Kier molecular flexibility index (Phi) is 32.2. The van der Waals surface area contributed by atoms with Gasteiger partial charge in [-0.25, -0.2) is 28.1 Å². The summed E-state index contributed by atoms with van der Waals surface area (Å²) in [5.74, 6) is 2.69. The van der Waals surface area contributed by atoms with E-state index < -0.39 is 131 Å². The Morgan fingerprint density at radius 2 is 1.53 bits per heavy atom. The first-order valence-corrected chi connectivity index (χ1v) is 42.2. The van der Waals surface area contributed by atoms with Crippen molar-refractivity contribution in [1.82, 2.24) is 14.9 Å². The molecule has 1 fully saturated rings. The summed E-state index contributed by atoms with van der Waals surface area (Å²) in [6.45, 7) is 4.53. The first-order chi connectivity index (χ1) is 47.4. The average Bonchev–Trinajstić information content (AvgIpc) is 1.08. The molecule has 0 radical (unpaired) electrons. The van der Waals surface area contributed by atoms with E-state index in [-0.39, 0.29) is 133 Å². The number of phosphoric acid groups is 3. The number of nitrogens with zero attached hydrogens (tertiary/aromatic N) is 3. The van der Waals surface area contributed by atoms with E-state index in [9.17, 15) is 78.5 Å². The maximum Gasteiger partial charge on any atom is 0.490 e. The van der Waals surface area contributed by atoms with Gasteiger partial charge in [-0.2, -0.15) is 30.4 Å². The molecule has 12 N–H and O–H groups in total. The highest BCUT2D eigenvalue weighted by molar-refractivity contribution is 8.77. The SMILES string of the molecule is CN=c1ccc2c(-c3cc(C(=O)CCCOCCOCCNC(=O)OCCC(C)(C)SSCOCCCCOC(=O)CCC#Cc4cn([C@H]5C[C@H](OCSSC)[C@@H](COP(=O)(O)OP(=O)(O)OP(=O)(O)O)O5)c(=O)nc4N)ccc3C(=O)O)c3ccc(N)c(S(=O)(=O)O)c3oc-2c1S(=O)(=O)O. The Balaban J connectivity index is 0.816. The number of phosphoric ester groups is 1. The van der Waals surface area contributed by atoms with Crippen molar-refractivity contribution >= 4 is 133 Å². The summed E-state index contributed by atoms with van der Waals surface area (Å²) in [7, 11) is -20.4. The molecule has 0 bridgehead atoms. The van der Waals surface area contributed by atoms with E-state index in [1.54, 1.807) is 17.0 Å². The number of rotatable bonds is 41. The molecule has 3 heterocycles. The Morgan fingerprint density at radius 3 is 2.22 bits per heavy atom. The van der Waals surface area contributed by atoms with Gasteiger partial charge in [-0.1, -0.05) is 61.1 Å². The van der Waals surface area contributed by atoms with Gasteiger partial charge in [-0.3, -0.25) is 32.8 Å². The normalized spacial score (nSPS) is 16.5. The molecule has 2 aromatic carbocycles. The summed E-state index contributed by atoms with van der Waals surface area (Å²) >= 11 is 0. The predicted molar refractivity (Wildman–Crippen MR) is 368 cm³/mol. The zero-order valence-corrected chi connectivity index (χ0v) is 61.7. The smallest absolute Gasteiger partial charge is 0.478 e. The zero-order valence-electron chi connectivity index (χ0n) is 54.1. The number of alkyl carbamates (subject to hydrolysis) is 1. The van der Waals surface area contributed by atoms with Gasteiger partial charge in [0, 0.05) is 79.1 Å². The van der Waals surface area contributed by atoms with Crippen molar-refractivity contribution in [2.75, 3.05) is 96.0 Å². The predicted octanol–water partition coefficient (Wildman–Crippen LogP) is 7.03. The lowest BCUT2D eigenvalue weighted by atomic mass is 9.88. The first kappa shape index (κ1) is 84.4. The fourth-order valence-electron chi connectivity index (χ4n) is 9.35. The highest BCUT2D eigenvalue weighted by atomic mass is 33.1. The monoisotopic (exact) mass is 1590 g/mol. The number of Topliss-reactive ketones (excluding diaryl/α,β-unsaturated/α-hetero) is 1. The lowest BCUT2D eigenvalue weighted by Crippen LogP contribution is -2.29. The van der Waals surface area contributed by atoms with Crippen LogP contribution in [0.15, 0.2) is 72.7 Å². The van der Waals surface area contributed by atoms with Crippen molar-refractivity contribution in [3.63, 3.8) is 0 Å². The minimum atomic E-state index is -5.79. The number of amides is 1. The third-order valence-corrected chi connectivity index (χ3v) is 24.0. The number of ketones is 1. The van der Waals surface area contributed by atoms with Gasteiger partial charge in [-0.15, -0.1) is 0 Å². The minimum Gasteiger partial charge on any atom is -0.478 e. The van der Waals surface area contributed by atoms with Gasteiger partial charge in [0.1, 0.15) is 30.0 Å². The number of carbonyl (C=O) groups excluding carboxylic acids is 3. The van der Waals surface area contributed by atoms with Crippen molar-refractivity contribution in [1.29, 1.82) is 0 Å². The third-order valence-electron chi connectivity index (χ3n) is 13.9. The van der Waals surface area contributed by atoms with Crippen molar-refractivity contribution in [2.45, 2.75) is 98.2 Å². The minimum absolute atomic E-state index is 0.0223. The van der Waals surface area contributed by atoms with Gasteiger partial charge >= 0.3 is 47.2 Å². The summed E-state index contributed by atoms with van der Waals surface area (Å²) in [5, 5.41) is 12.5. The molecule has 2 unspecified atom stereocenters. The summed E-state index contributed by atoms with van der Waals surface area (Å²) in [5.41, 5.74) is 9.12. The standard InChI is InChI=1S/C56H73N6O30P3S6/c1-56(2,99-98-32-84-21-7-8-23-85-46(64)12-6-5-10-35-30-62(54(67)61-52(35)58)45-29-43(87-33-97-96-4)44(89-45)31-88-94(72,73)92-95(74,75)91-93(69,70)71)19-24-86-55(68)60-20-25-83-27-26-82-22-9-11-42(63)34-13-14-36(53(65)66)39(28-34)47-37-15-17-40(57)50(100(76,77)78)48(37)90-49-38(47)16-18-41(59-3)51(49)101(79,80)81/h13-18,28,30,43-45H,6-9,11-12,19-27,29,31-33,57H2,1-4H3,(H,60,68)(H,65,66)(H,72,73)(H,74,75)(H2,58,61,67)(H2,69,70,71)(H,76,77,78)(H,79,80,81)/t43-,44+,45+/m0/s1. The highest BCUT2D eigenvalue weighted by Gasteiger charge is 2.44. The molecule has 5 atom stereocenters. The molecule has 1 amide bonds. The molecule has 1 aromatic heterocycles. The number of esters is 1. The van der Waals surface area contributed by atoms with Gasteiger partial charge in [-0.05, 0) is 87.7 Å². The number of ether oxygens (including phenoxy) is 7. The summed E-state index contributed by atoms with van der Waals surface area (Å²) in [6.07, 6.45) is 0.911. The van der Waals surface area contributed by atoms with E-state index in [4.69, 9.17) is 63.4 Å². The van der Waals surface area contributed by atoms with Gasteiger partial charge in [0.15, 0.2) is 26.9 Å². The van der Waals surface area contributed by atoms with Crippen LogP contribution < -0.4 is 27.8 Å². The molecule has 6 rings (SSSR count). The van der Waals surface area contributed by atoms with Crippen molar-refractivity contribution in [3.8, 4) is 34.3 Å². The van der Waals surface area contributed by atoms with Crippen LogP contribution in [0, 0.1) is 11.8 Å². The molecule has 1 aliphatic carbocycles. The van der Waals surface area contributed by atoms with Crippen molar-refractivity contribution in [3.05, 3.63) is 81.2 Å². The van der Waals surface area contributed by atoms with Crippen molar-refractivity contribution in [2.24, 2.45) is 4.99 Å². The Morgan fingerprint density at radius 1 is 0.832 bits per heavy atom. The number of nitrogens with two attached hydrogens (primary N) is 2. The first-order valence-electron chi connectivity index (χ1n) is 29.7. The molecule has 3 aromatic rings. The number of carboxylic acid groups (broad SMARTS) is 1. The Bertz CT molecular complexity index is 4340. The van der Waals surface area contributed by atoms with E-state index in [1.165, 1.54) is 76.0 Å². The topological polar surface area (TPSA) is 546 Å². The molecular weight excluding hydrogens is 1520 g/mol. The molecule has 0 saturated carbocycles. The Labute approximate surface area is 593 Å². The number of hydrogen-bond donors (Lipinski definition) is 10. The second-order valence-corrected chi connectivity index (χ2v) is 34.3. The van der Waals surface area contributed by atoms with E-state index in [1.807, 2.05) is 13.8 Å². The lowest BCUT2D eigenvalue weighted by molar-refractivity contribution is -0.143. The number of benzene rings is 3. The van der Waals surface area contributed by atoms with Gasteiger partial charge in [0.2, 0.25) is 0 Å². The van der Waals surface area contributed by atoms with Gasteiger partial charge in [0.05, 0.1) is 74.3 Å². The van der Waals surface area contributed by atoms with E-state index >= 15 is 0 Å². The number of carbonyl (C=O) groups is 4. The van der Waals surface area contributed by atoms with Crippen LogP contribution in [0.25, 0.3) is 33.4 Å². The average molecular weight is 1600 g/mol. The molecule has 3 aliphatic rings. The van der Waals surface area contributed by atoms with Crippen LogP contribution in [0.2, 0.25) is 0 Å². The molecule has 2 aliphatic heterocycles. The summed E-state index contributed by atoms with van der Waals surface area (Å²) < 4.78 is 164. The van der Waals surface area contributed by atoms with E-state index in [2.05, 4.69) is 35.8 Å². The highest BCUT2D eigenvalue weighted by Crippen LogP contribution is 2.66. The van der Waals surface area contributed by atoms with Crippen molar-refractivity contribution < 1.29 is 134 Å². The fraction of sp³-hybridized carbons (Fsp3) is 0.482. The number of fused-ring (bicyclic) bond motifs is 2. The number of nitrogens with one attached hydrogen (secondary N) is 1. The number of carboxylic acids is 1. The van der Waals surface area contributed by atoms with Crippen LogP contribution in [0.3, 0.4) is 0 Å². The zero-order chi connectivity index (χ0) is 74.5. The van der Waals surface area contributed by atoms with E-state index in [0.29, 0.717) is 31.8 Å². The summed E-state index contributed by atoms with van der Waals surface area (Å²) in [6, 6.07) is 8.52. The number of nitrogen functional groups attached to an aromatic ring is 2.